The Morgan fingerprint density at radius 1 is 1.38 bits per heavy atom. The second-order valence-corrected chi connectivity index (χ2v) is 8.21. The third-order valence-corrected chi connectivity index (χ3v) is 5.09. The fourth-order valence-corrected chi connectivity index (χ4v) is 3.59. The van der Waals surface area contributed by atoms with Gasteiger partial charge in [-0.1, -0.05) is 13.0 Å². The predicted molar refractivity (Wildman–Crippen MR) is 90.2 cm³/mol. The maximum Gasteiger partial charge on any atom is 0.226 e. The Labute approximate surface area is 131 Å². The molecule has 3 heteroatoms. The third-order valence-electron chi connectivity index (χ3n) is 5.09. The first-order valence-corrected chi connectivity index (χ1v) is 8.13. The lowest BCUT2D eigenvalue weighted by Gasteiger charge is -2.48. The normalized spacial score (nSPS) is 31.8. The number of carbonyl (C=O) groups is 1. The zero-order chi connectivity index (χ0) is 16.4. The van der Waals surface area contributed by atoms with Crippen LogP contribution in [-0.4, -0.2) is 36.5 Å². The first-order valence-electron chi connectivity index (χ1n) is 8.13. The van der Waals surface area contributed by atoms with Crippen LogP contribution < -0.4 is 5.32 Å². The van der Waals surface area contributed by atoms with E-state index < -0.39 is 0 Å². The van der Waals surface area contributed by atoms with Gasteiger partial charge in [-0.25, -0.2) is 0 Å². The predicted octanol–water partition coefficient (Wildman–Crippen LogP) is 3.46. The molecule has 1 amide bonds. The molecule has 122 valence electrons. The number of amides is 1. The quantitative estimate of drug-likeness (QED) is 0.805. The van der Waals surface area contributed by atoms with Crippen LogP contribution in [0.25, 0.3) is 0 Å². The highest BCUT2D eigenvalue weighted by molar-refractivity contribution is 5.83. The lowest BCUT2D eigenvalue weighted by atomic mass is 9.61. The van der Waals surface area contributed by atoms with Gasteiger partial charge in [0.1, 0.15) is 0 Å². The van der Waals surface area contributed by atoms with Gasteiger partial charge in [0.15, 0.2) is 0 Å². The largest absolute Gasteiger partial charge is 0.351 e. The Kier molecular flexibility index (Phi) is 5.65. The van der Waals surface area contributed by atoms with Gasteiger partial charge in [-0.15, -0.1) is 6.58 Å². The topological polar surface area (TPSA) is 32.3 Å². The summed E-state index contributed by atoms with van der Waals surface area (Å²) < 4.78 is 0. The molecule has 0 aromatic carbocycles. The molecule has 1 aliphatic carbocycles. The average molecular weight is 294 g/mol. The van der Waals surface area contributed by atoms with Gasteiger partial charge in [0.25, 0.3) is 0 Å². The smallest absolute Gasteiger partial charge is 0.226 e. The summed E-state index contributed by atoms with van der Waals surface area (Å²) in [5, 5.41) is 3.21. The van der Waals surface area contributed by atoms with Crippen LogP contribution in [0.1, 0.15) is 53.9 Å². The van der Waals surface area contributed by atoms with Crippen molar-refractivity contribution in [2.24, 2.45) is 17.3 Å². The van der Waals surface area contributed by atoms with E-state index in [1.54, 1.807) is 0 Å². The molecule has 0 saturated heterocycles. The summed E-state index contributed by atoms with van der Waals surface area (Å²) in [5.74, 6) is 1.03. The van der Waals surface area contributed by atoms with E-state index in [1.165, 1.54) is 0 Å². The highest BCUT2D eigenvalue weighted by Crippen LogP contribution is 2.46. The molecule has 1 N–H and O–H groups in total. The van der Waals surface area contributed by atoms with Crippen molar-refractivity contribution >= 4 is 5.91 Å². The molecule has 0 aromatic rings. The minimum Gasteiger partial charge on any atom is -0.351 e. The van der Waals surface area contributed by atoms with E-state index in [0.29, 0.717) is 17.9 Å². The van der Waals surface area contributed by atoms with Crippen molar-refractivity contribution in [3.05, 3.63) is 12.7 Å². The van der Waals surface area contributed by atoms with Gasteiger partial charge in [0, 0.05) is 11.6 Å². The van der Waals surface area contributed by atoms with Gasteiger partial charge < -0.3 is 10.2 Å². The highest BCUT2D eigenvalue weighted by atomic mass is 16.2. The Balaban J connectivity index is 3.06. The maximum absolute atomic E-state index is 13.0. The first kappa shape index (κ1) is 18.2. The molecule has 0 radical (unpaired) electrons. The molecule has 4 atom stereocenters. The first-order chi connectivity index (χ1) is 9.51. The van der Waals surface area contributed by atoms with Crippen LogP contribution >= 0.6 is 0 Å². The van der Waals surface area contributed by atoms with E-state index in [9.17, 15) is 4.79 Å². The van der Waals surface area contributed by atoms with E-state index in [0.717, 1.165) is 19.3 Å². The number of nitrogens with one attached hydrogen (secondary N) is 1. The zero-order valence-electron chi connectivity index (χ0n) is 15.0. The van der Waals surface area contributed by atoms with Crippen molar-refractivity contribution in [2.45, 2.75) is 65.5 Å². The van der Waals surface area contributed by atoms with E-state index in [4.69, 9.17) is 0 Å². The molecule has 1 fully saturated rings. The minimum atomic E-state index is -0.325. The Hall–Kier alpha value is -0.830. The minimum absolute atomic E-state index is 0.187. The highest BCUT2D eigenvalue weighted by Gasteiger charge is 2.48. The van der Waals surface area contributed by atoms with Gasteiger partial charge in [-0.3, -0.25) is 4.79 Å². The number of allylic oxidation sites excluding steroid dienone is 1. The fourth-order valence-electron chi connectivity index (χ4n) is 3.59. The molecule has 0 aromatic heterocycles. The summed E-state index contributed by atoms with van der Waals surface area (Å²) in [5.41, 5.74) is -0.513. The fraction of sp³-hybridized carbons (Fsp3) is 0.833. The molecular formula is C18H34N2O. The molecule has 0 spiro atoms. The summed E-state index contributed by atoms with van der Waals surface area (Å²) >= 11 is 0. The lowest BCUT2D eigenvalue weighted by Crippen LogP contribution is -2.56. The van der Waals surface area contributed by atoms with Crippen molar-refractivity contribution in [3.8, 4) is 0 Å². The summed E-state index contributed by atoms with van der Waals surface area (Å²) in [7, 11) is 4.21. The Bertz CT molecular complexity index is 383. The van der Waals surface area contributed by atoms with Gasteiger partial charge in [0.05, 0.1) is 5.41 Å². The van der Waals surface area contributed by atoms with Crippen LogP contribution in [0.5, 0.6) is 0 Å². The van der Waals surface area contributed by atoms with Crippen LogP contribution in [-0.2, 0) is 4.79 Å². The number of hydrogen-bond acceptors (Lipinski definition) is 2. The summed E-state index contributed by atoms with van der Waals surface area (Å²) in [6.07, 6.45) is 5.16. The molecule has 0 heterocycles. The molecule has 21 heavy (non-hydrogen) atoms. The third kappa shape index (κ3) is 4.32. The molecule has 1 unspecified atom stereocenters. The van der Waals surface area contributed by atoms with Crippen molar-refractivity contribution in [3.63, 3.8) is 0 Å². The van der Waals surface area contributed by atoms with E-state index in [-0.39, 0.29) is 16.9 Å². The zero-order valence-corrected chi connectivity index (χ0v) is 15.0. The standard InChI is InChI=1S/C18H34N2O/c1-9-14-10-11-15(13(2)20(7)8)18(6,12-14)16(21)19-17(3,4)5/h9,13-15H,1,10-12H2,2-8H3,(H,19,21)/t13?,14-,15+,18+/m1/s1. The average Bonchev–Trinajstić information content (AvgIpc) is 2.35. The van der Waals surface area contributed by atoms with Crippen LogP contribution in [0.2, 0.25) is 0 Å². The molecular weight excluding hydrogens is 260 g/mol. The van der Waals surface area contributed by atoms with Crippen LogP contribution in [0.3, 0.4) is 0 Å². The maximum atomic E-state index is 13.0. The second-order valence-electron chi connectivity index (χ2n) is 8.21. The van der Waals surface area contributed by atoms with Crippen molar-refractivity contribution in [2.75, 3.05) is 14.1 Å². The van der Waals surface area contributed by atoms with Gasteiger partial charge in [-0.05, 0) is 72.9 Å². The Morgan fingerprint density at radius 3 is 2.38 bits per heavy atom. The Morgan fingerprint density at radius 2 is 1.95 bits per heavy atom. The molecule has 0 bridgehead atoms. The number of nitrogens with zero attached hydrogens (tertiary/aromatic N) is 1. The number of hydrogen-bond donors (Lipinski definition) is 1. The molecule has 0 aliphatic heterocycles. The molecule has 3 nitrogen and oxygen atoms in total. The van der Waals surface area contributed by atoms with Crippen LogP contribution in [0.15, 0.2) is 12.7 Å². The van der Waals surface area contributed by atoms with Crippen molar-refractivity contribution in [1.29, 1.82) is 0 Å². The van der Waals surface area contributed by atoms with Crippen molar-refractivity contribution < 1.29 is 4.79 Å². The van der Waals surface area contributed by atoms with E-state index in [1.807, 2.05) is 26.8 Å². The number of carbonyl (C=O) groups excluding carboxylic acids is 1. The van der Waals surface area contributed by atoms with Gasteiger partial charge >= 0.3 is 0 Å². The van der Waals surface area contributed by atoms with E-state index >= 15 is 0 Å². The summed E-state index contributed by atoms with van der Waals surface area (Å²) in [6.45, 7) is 14.5. The molecule has 1 saturated carbocycles. The van der Waals surface area contributed by atoms with Gasteiger partial charge in [-0.2, -0.15) is 0 Å². The summed E-state index contributed by atoms with van der Waals surface area (Å²) in [6, 6.07) is 0.395. The summed E-state index contributed by atoms with van der Waals surface area (Å²) in [4.78, 5) is 15.2. The van der Waals surface area contributed by atoms with Crippen LogP contribution in [0, 0.1) is 17.3 Å². The van der Waals surface area contributed by atoms with Gasteiger partial charge in [0.2, 0.25) is 5.91 Å². The lowest BCUT2D eigenvalue weighted by molar-refractivity contribution is -0.139. The number of rotatable bonds is 4. The molecule has 1 rings (SSSR count). The second kappa shape index (κ2) is 6.51. The van der Waals surface area contributed by atoms with Crippen molar-refractivity contribution in [1.82, 2.24) is 10.2 Å². The molecule has 1 aliphatic rings. The van der Waals surface area contributed by atoms with E-state index in [2.05, 4.69) is 44.7 Å². The monoisotopic (exact) mass is 294 g/mol. The SMILES string of the molecule is C=C[C@@H]1CC[C@@H](C(C)N(C)C)[C@@](C)(C(=O)NC(C)(C)C)C1. The van der Waals surface area contributed by atoms with Crippen LogP contribution in [0.4, 0.5) is 0 Å².